The molecule has 1 atom stereocenters. The highest BCUT2D eigenvalue weighted by Crippen LogP contribution is 2.41. The van der Waals surface area contributed by atoms with Crippen LogP contribution in [-0.2, 0) is 15.4 Å². The van der Waals surface area contributed by atoms with E-state index in [-0.39, 0.29) is 12.9 Å². The van der Waals surface area contributed by atoms with Gasteiger partial charge in [0.1, 0.15) is 11.3 Å². The van der Waals surface area contributed by atoms with Crippen molar-refractivity contribution in [1.29, 1.82) is 0 Å². The van der Waals surface area contributed by atoms with Gasteiger partial charge in [-0.1, -0.05) is 0 Å². The van der Waals surface area contributed by atoms with Crippen molar-refractivity contribution in [2.75, 3.05) is 6.61 Å². The Balaban J connectivity index is 2.11. The summed E-state index contributed by atoms with van der Waals surface area (Å²) in [5, 5.41) is 0.819. The van der Waals surface area contributed by atoms with Gasteiger partial charge in [0.25, 0.3) is 0 Å². The zero-order chi connectivity index (χ0) is 13.0. The van der Waals surface area contributed by atoms with Gasteiger partial charge in [-0.3, -0.25) is 4.57 Å². The zero-order valence-electron chi connectivity index (χ0n) is 9.76. The monoisotopic (exact) mass is 286 g/mol. The molecule has 0 bridgehead atoms. The highest BCUT2D eigenvalue weighted by atomic mass is 32.1. The second-order valence-corrected chi connectivity index (χ2v) is 6.14. The first-order chi connectivity index (χ1) is 8.61. The van der Waals surface area contributed by atoms with Gasteiger partial charge in [-0.2, -0.15) is 8.94 Å². The van der Waals surface area contributed by atoms with Crippen molar-refractivity contribution in [3.63, 3.8) is 0 Å². The topological polar surface area (TPSA) is 76.2 Å². The lowest BCUT2D eigenvalue weighted by molar-refractivity contribution is -0.679. The van der Waals surface area contributed by atoms with Crippen LogP contribution in [0.4, 0.5) is 0 Å². The third-order valence-corrected chi connectivity index (χ3v) is 4.23. The van der Waals surface area contributed by atoms with E-state index in [4.69, 9.17) is 4.52 Å². The number of hydrogen-bond acceptors (Lipinski definition) is 5. The van der Waals surface area contributed by atoms with E-state index < -0.39 is 7.60 Å². The zero-order valence-corrected chi connectivity index (χ0v) is 11.5. The van der Waals surface area contributed by atoms with Crippen molar-refractivity contribution in [1.82, 2.24) is 9.36 Å². The van der Waals surface area contributed by atoms with Crippen LogP contribution in [0.25, 0.3) is 10.6 Å². The molecule has 2 heterocycles. The molecule has 0 aliphatic heterocycles. The van der Waals surface area contributed by atoms with E-state index >= 15 is 0 Å². The summed E-state index contributed by atoms with van der Waals surface area (Å²) in [5.41, 5.74) is 0.929. The molecule has 0 spiro atoms. The van der Waals surface area contributed by atoms with Crippen LogP contribution in [-0.4, -0.2) is 20.9 Å². The first kappa shape index (κ1) is 13.3. The second kappa shape index (κ2) is 5.67. The molecule has 2 rings (SSSR count). The SMILES string of the molecule is CCOP(=O)(O)C[n+]1ccc(-c2ncns2)cc1. The summed E-state index contributed by atoms with van der Waals surface area (Å²) in [6, 6.07) is 3.65. The summed E-state index contributed by atoms with van der Waals surface area (Å²) >= 11 is 1.30. The fourth-order valence-electron chi connectivity index (χ4n) is 1.44. The van der Waals surface area contributed by atoms with Gasteiger partial charge in [0.2, 0.25) is 6.29 Å². The van der Waals surface area contributed by atoms with Crippen molar-refractivity contribution in [2.45, 2.75) is 13.2 Å². The number of pyridine rings is 1. The Morgan fingerprint density at radius 2 is 2.22 bits per heavy atom. The molecule has 0 fully saturated rings. The molecule has 1 unspecified atom stereocenters. The van der Waals surface area contributed by atoms with E-state index in [1.165, 1.54) is 17.9 Å². The minimum Gasteiger partial charge on any atom is -0.320 e. The van der Waals surface area contributed by atoms with Crippen LogP contribution in [0.15, 0.2) is 30.9 Å². The summed E-state index contributed by atoms with van der Waals surface area (Å²) in [6.45, 7) is 1.91. The number of hydrogen-bond donors (Lipinski definition) is 1. The molecule has 0 amide bonds. The van der Waals surface area contributed by atoms with Crippen molar-refractivity contribution in [3.8, 4) is 10.6 Å². The summed E-state index contributed by atoms with van der Waals surface area (Å²) in [5.74, 6) is 0. The van der Waals surface area contributed by atoms with E-state index in [0.717, 1.165) is 10.6 Å². The normalized spacial score (nSPS) is 14.3. The predicted octanol–water partition coefficient (Wildman–Crippen LogP) is 1.67. The van der Waals surface area contributed by atoms with E-state index in [1.54, 1.807) is 23.9 Å². The smallest absolute Gasteiger partial charge is 0.320 e. The van der Waals surface area contributed by atoms with Gasteiger partial charge in [-0.25, -0.2) is 4.98 Å². The molecular weight excluding hydrogens is 273 g/mol. The van der Waals surface area contributed by atoms with E-state index in [2.05, 4.69) is 9.36 Å². The van der Waals surface area contributed by atoms with Crippen LogP contribution in [0.2, 0.25) is 0 Å². The van der Waals surface area contributed by atoms with Gasteiger partial charge in [0, 0.05) is 17.7 Å². The first-order valence-electron chi connectivity index (χ1n) is 5.33. The Morgan fingerprint density at radius 1 is 1.50 bits per heavy atom. The van der Waals surface area contributed by atoms with E-state index in [0.29, 0.717) is 0 Å². The fraction of sp³-hybridized carbons (Fsp3) is 0.300. The highest BCUT2D eigenvalue weighted by molar-refractivity contribution is 7.51. The Kier molecular flexibility index (Phi) is 4.19. The minimum atomic E-state index is -3.55. The Bertz CT molecular complexity index is 544. The van der Waals surface area contributed by atoms with Gasteiger partial charge < -0.3 is 9.42 Å². The lowest BCUT2D eigenvalue weighted by Crippen LogP contribution is -2.32. The van der Waals surface area contributed by atoms with Crippen LogP contribution in [0.3, 0.4) is 0 Å². The van der Waals surface area contributed by atoms with Gasteiger partial charge in [0.15, 0.2) is 12.4 Å². The number of rotatable bonds is 5. The van der Waals surface area contributed by atoms with Crippen LogP contribution in [0.1, 0.15) is 6.92 Å². The molecule has 18 heavy (non-hydrogen) atoms. The molecular formula is C10H13N3O3PS+. The molecule has 6 nitrogen and oxygen atoms in total. The van der Waals surface area contributed by atoms with Crippen LogP contribution < -0.4 is 4.57 Å². The molecule has 96 valence electrons. The molecule has 2 aromatic rings. The summed E-state index contributed by atoms with van der Waals surface area (Å²) in [6.07, 6.45) is 4.88. The molecule has 8 heteroatoms. The van der Waals surface area contributed by atoms with Crippen molar-refractivity contribution in [2.24, 2.45) is 0 Å². The average Bonchev–Trinajstić information content (AvgIpc) is 2.82. The molecule has 2 aromatic heterocycles. The molecule has 0 saturated heterocycles. The fourth-order valence-corrected chi connectivity index (χ4v) is 3.06. The quantitative estimate of drug-likeness (QED) is 0.668. The highest BCUT2D eigenvalue weighted by Gasteiger charge is 2.24. The van der Waals surface area contributed by atoms with Crippen LogP contribution >= 0.6 is 19.1 Å². The molecule has 1 N–H and O–H groups in total. The Hall–Kier alpha value is -1.14. The molecule has 0 aliphatic carbocycles. The van der Waals surface area contributed by atoms with Gasteiger partial charge in [0.05, 0.1) is 6.61 Å². The van der Waals surface area contributed by atoms with Gasteiger partial charge in [-0.05, 0) is 18.5 Å². The van der Waals surface area contributed by atoms with Crippen LogP contribution in [0, 0.1) is 0 Å². The van der Waals surface area contributed by atoms with Gasteiger partial charge >= 0.3 is 7.60 Å². The maximum atomic E-state index is 11.6. The molecule has 0 aliphatic rings. The van der Waals surface area contributed by atoms with Crippen LogP contribution in [0.5, 0.6) is 0 Å². The molecule has 0 saturated carbocycles. The summed E-state index contributed by atoms with van der Waals surface area (Å²) < 4.78 is 21.9. The Morgan fingerprint density at radius 3 is 2.78 bits per heavy atom. The third-order valence-electron chi connectivity index (χ3n) is 2.17. The number of aromatic nitrogens is 3. The Labute approximate surface area is 109 Å². The average molecular weight is 286 g/mol. The summed E-state index contributed by atoms with van der Waals surface area (Å²) in [4.78, 5) is 13.6. The van der Waals surface area contributed by atoms with Crippen molar-refractivity contribution in [3.05, 3.63) is 30.9 Å². The molecule has 0 aromatic carbocycles. The standard InChI is InChI=1S/C10H12N3O3PS/c1-2-16-17(14,15)8-13-5-3-9(4-6-13)10-11-7-12-18-10/h3-7H,2,8H2,1H3/p+1. The van der Waals surface area contributed by atoms with E-state index in [1.807, 2.05) is 12.1 Å². The number of nitrogens with zero attached hydrogens (tertiary/aromatic N) is 3. The minimum absolute atomic E-state index is 0.0583. The van der Waals surface area contributed by atoms with Crippen molar-refractivity contribution >= 4 is 19.1 Å². The lowest BCUT2D eigenvalue weighted by Gasteiger charge is -2.06. The van der Waals surface area contributed by atoms with Gasteiger partial charge in [-0.15, -0.1) is 0 Å². The van der Waals surface area contributed by atoms with Crippen molar-refractivity contribution < 1.29 is 18.5 Å². The maximum absolute atomic E-state index is 11.6. The summed E-state index contributed by atoms with van der Waals surface area (Å²) in [7, 11) is -3.55. The lowest BCUT2D eigenvalue weighted by atomic mass is 10.3. The predicted molar refractivity (Wildman–Crippen MR) is 67.0 cm³/mol. The first-order valence-corrected chi connectivity index (χ1v) is 7.87. The largest absolute Gasteiger partial charge is 0.392 e. The molecule has 0 radical (unpaired) electrons. The maximum Gasteiger partial charge on any atom is 0.392 e. The van der Waals surface area contributed by atoms with E-state index in [9.17, 15) is 9.46 Å². The second-order valence-electron chi connectivity index (χ2n) is 3.54. The third kappa shape index (κ3) is 3.43.